The van der Waals surface area contributed by atoms with Crippen molar-refractivity contribution in [3.8, 4) is 5.75 Å². The minimum Gasteiger partial charge on any atom is -0.493 e. The molecular weight excluding hydrogens is 250 g/mol. The Labute approximate surface area is 121 Å². The van der Waals surface area contributed by atoms with E-state index in [-0.39, 0.29) is 6.61 Å². The van der Waals surface area contributed by atoms with Crippen LogP contribution in [0, 0.1) is 5.92 Å². The predicted octanol–water partition coefficient (Wildman–Crippen LogP) is 2.48. The maximum absolute atomic E-state index is 9.43. The van der Waals surface area contributed by atoms with E-state index in [4.69, 9.17) is 4.74 Å². The summed E-state index contributed by atoms with van der Waals surface area (Å²) in [7, 11) is 0. The number of ether oxygens (including phenoxy) is 1. The van der Waals surface area contributed by atoms with Gasteiger partial charge in [0.15, 0.2) is 0 Å². The Morgan fingerprint density at radius 2 is 2.15 bits per heavy atom. The van der Waals surface area contributed by atoms with E-state index in [1.54, 1.807) is 0 Å². The number of benzene rings is 1. The molecule has 2 N–H and O–H groups in total. The van der Waals surface area contributed by atoms with Crippen molar-refractivity contribution in [1.82, 2.24) is 5.32 Å². The van der Waals surface area contributed by atoms with Crippen LogP contribution in [0.15, 0.2) is 18.2 Å². The summed E-state index contributed by atoms with van der Waals surface area (Å²) in [5.41, 5.74) is 2.75. The van der Waals surface area contributed by atoms with Gasteiger partial charge in [-0.2, -0.15) is 0 Å². The van der Waals surface area contributed by atoms with Crippen molar-refractivity contribution < 1.29 is 9.84 Å². The van der Waals surface area contributed by atoms with Gasteiger partial charge in [-0.15, -0.1) is 0 Å². The molecule has 2 aliphatic heterocycles. The van der Waals surface area contributed by atoms with Gasteiger partial charge < -0.3 is 15.2 Å². The van der Waals surface area contributed by atoms with Crippen LogP contribution in [0.1, 0.15) is 42.7 Å². The van der Waals surface area contributed by atoms with Crippen molar-refractivity contribution >= 4 is 0 Å². The van der Waals surface area contributed by atoms with E-state index >= 15 is 0 Å². The third-order valence-corrected chi connectivity index (χ3v) is 4.75. The van der Waals surface area contributed by atoms with Crippen LogP contribution in [0.2, 0.25) is 0 Å². The summed E-state index contributed by atoms with van der Waals surface area (Å²) in [6.45, 7) is 3.35. The number of hydrogen-bond donors (Lipinski definition) is 2. The number of hydrogen-bond acceptors (Lipinski definition) is 3. The van der Waals surface area contributed by atoms with Gasteiger partial charge in [0.1, 0.15) is 5.75 Å². The quantitative estimate of drug-likeness (QED) is 0.887. The largest absolute Gasteiger partial charge is 0.493 e. The third kappa shape index (κ3) is 2.99. The summed E-state index contributed by atoms with van der Waals surface area (Å²) in [5.74, 6) is 2.26. The van der Waals surface area contributed by atoms with Gasteiger partial charge in [-0.05, 0) is 74.2 Å². The molecule has 1 aromatic rings. The van der Waals surface area contributed by atoms with Gasteiger partial charge in [0.2, 0.25) is 0 Å². The fraction of sp³-hybridized carbons (Fsp3) is 0.647. The highest BCUT2D eigenvalue weighted by Gasteiger charge is 2.25. The zero-order valence-corrected chi connectivity index (χ0v) is 12.1. The predicted molar refractivity (Wildman–Crippen MR) is 80.3 cm³/mol. The summed E-state index contributed by atoms with van der Waals surface area (Å²) in [6.07, 6.45) is 5.57. The molecule has 3 nitrogen and oxygen atoms in total. The monoisotopic (exact) mass is 275 g/mol. The lowest BCUT2D eigenvalue weighted by molar-refractivity contribution is 0.233. The molecule has 2 heterocycles. The summed E-state index contributed by atoms with van der Waals surface area (Å²) in [6, 6.07) is 6.68. The molecule has 20 heavy (non-hydrogen) atoms. The maximum Gasteiger partial charge on any atom is 0.122 e. The zero-order valence-electron chi connectivity index (χ0n) is 12.1. The van der Waals surface area contributed by atoms with Crippen molar-refractivity contribution in [3.63, 3.8) is 0 Å². The van der Waals surface area contributed by atoms with Gasteiger partial charge >= 0.3 is 0 Å². The molecule has 2 aliphatic rings. The maximum atomic E-state index is 9.43. The lowest BCUT2D eigenvalue weighted by Crippen LogP contribution is -2.31. The second-order valence-electron chi connectivity index (χ2n) is 6.03. The highest BCUT2D eigenvalue weighted by molar-refractivity contribution is 5.40. The molecule has 0 aliphatic carbocycles. The zero-order chi connectivity index (χ0) is 13.8. The van der Waals surface area contributed by atoms with E-state index in [1.807, 2.05) is 0 Å². The Morgan fingerprint density at radius 1 is 1.30 bits per heavy atom. The summed E-state index contributed by atoms with van der Waals surface area (Å²) < 4.78 is 5.70. The Bertz CT molecular complexity index is 441. The van der Waals surface area contributed by atoms with E-state index in [2.05, 4.69) is 23.5 Å². The highest BCUT2D eigenvalue weighted by Crippen LogP contribution is 2.36. The molecule has 1 atom stereocenters. The topological polar surface area (TPSA) is 41.5 Å². The number of nitrogens with one attached hydrogen (secondary N) is 1. The minimum atomic E-state index is 0.280. The fourth-order valence-corrected chi connectivity index (χ4v) is 3.67. The third-order valence-electron chi connectivity index (χ3n) is 4.75. The number of rotatable bonds is 4. The van der Waals surface area contributed by atoms with E-state index in [0.29, 0.717) is 11.8 Å². The van der Waals surface area contributed by atoms with Gasteiger partial charge in [0.05, 0.1) is 6.61 Å². The summed E-state index contributed by atoms with van der Waals surface area (Å²) in [5, 5.41) is 12.9. The van der Waals surface area contributed by atoms with Crippen LogP contribution in [0.4, 0.5) is 0 Å². The fourth-order valence-electron chi connectivity index (χ4n) is 3.67. The second kappa shape index (κ2) is 6.59. The molecule has 0 amide bonds. The normalized spacial score (nSPS) is 21.1. The Balaban J connectivity index is 1.82. The molecule has 0 bridgehead atoms. The molecular formula is C17H25NO2. The first-order chi connectivity index (χ1) is 9.88. The van der Waals surface area contributed by atoms with Crippen LogP contribution in [-0.2, 0) is 6.42 Å². The second-order valence-corrected chi connectivity index (χ2v) is 6.03. The SMILES string of the molecule is OCCC(c1ccc2c(c1)CCCO2)C1CCNCC1. The Hall–Kier alpha value is -1.06. The molecule has 3 heteroatoms. The smallest absolute Gasteiger partial charge is 0.122 e. The van der Waals surface area contributed by atoms with E-state index in [1.165, 1.54) is 24.0 Å². The van der Waals surface area contributed by atoms with Gasteiger partial charge in [-0.1, -0.05) is 12.1 Å². The molecule has 1 aromatic carbocycles. The first kappa shape index (κ1) is 13.9. The molecule has 1 unspecified atom stereocenters. The van der Waals surface area contributed by atoms with Crippen LogP contribution >= 0.6 is 0 Å². The van der Waals surface area contributed by atoms with Crippen molar-refractivity contribution in [2.24, 2.45) is 5.92 Å². The van der Waals surface area contributed by atoms with E-state index < -0.39 is 0 Å². The minimum absolute atomic E-state index is 0.280. The first-order valence-corrected chi connectivity index (χ1v) is 7.95. The summed E-state index contributed by atoms with van der Waals surface area (Å²) in [4.78, 5) is 0. The average Bonchev–Trinajstić information content (AvgIpc) is 2.53. The number of aliphatic hydroxyl groups is 1. The number of aliphatic hydroxyl groups excluding tert-OH is 1. The van der Waals surface area contributed by atoms with Crippen LogP contribution in [0.5, 0.6) is 5.75 Å². The van der Waals surface area contributed by atoms with Crippen LogP contribution in [0.25, 0.3) is 0 Å². The molecule has 1 fully saturated rings. The molecule has 110 valence electrons. The van der Waals surface area contributed by atoms with Crippen molar-refractivity contribution in [3.05, 3.63) is 29.3 Å². The lowest BCUT2D eigenvalue weighted by Gasteiger charge is -2.31. The van der Waals surface area contributed by atoms with E-state index in [0.717, 1.165) is 44.7 Å². The number of aryl methyl sites for hydroxylation is 1. The Kier molecular flexibility index (Phi) is 4.58. The van der Waals surface area contributed by atoms with Crippen LogP contribution in [0.3, 0.4) is 0 Å². The van der Waals surface area contributed by atoms with Crippen molar-refractivity contribution in [2.45, 2.75) is 38.0 Å². The van der Waals surface area contributed by atoms with Gasteiger partial charge in [0, 0.05) is 6.61 Å². The van der Waals surface area contributed by atoms with Crippen LogP contribution < -0.4 is 10.1 Å². The van der Waals surface area contributed by atoms with Crippen molar-refractivity contribution in [2.75, 3.05) is 26.3 Å². The molecule has 3 rings (SSSR count). The standard InChI is InChI=1S/C17H25NO2/c19-10-7-16(13-5-8-18-9-6-13)14-3-4-17-15(12-14)2-1-11-20-17/h3-4,12-13,16,18-19H,1-2,5-11H2. The first-order valence-electron chi connectivity index (χ1n) is 7.95. The van der Waals surface area contributed by atoms with Gasteiger partial charge in [0.25, 0.3) is 0 Å². The molecule has 1 saturated heterocycles. The molecule has 0 radical (unpaired) electrons. The highest BCUT2D eigenvalue weighted by atomic mass is 16.5. The van der Waals surface area contributed by atoms with Gasteiger partial charge in [-0.25, -0.2) is 0 Å². The Morgan fingerprint density at radius 3 is 2.95 bits per heavy atom. The van der Waals surface area contributed by atoms with Crippen LogP contribution in [-0.4, -0.2) is 31.4 Å². The molecule has 0 spiro atoms. The number of piperidine rings is 1. The molecule has 0 aromatic heterocycles. The number of fused-ring (bicyclic) bond motifs is 1. The van der Waals surface area contributed by atoms with Crippen molar-refractivity contribution in [1.29, 1.82) is 0 Å². The van der Waals surface area contributed by atoms with Gasteiger partial charge in [-0.3, -0.25) is 0 Å². The average molecular weight is 275 g/mol. The summed E-state index contributed by atoms with van der Waals surface area (Å²) >= 11 is 0. The lowest BCUT2D eigenvalue weighted by atomic mass is 9.78. The van der Waals surface area contributed by atoms with E-state index in [9.17, 15) is 5.11 Å². The molecule has 0 saturated carbocycles.